The van der Waals surface area contributed by atoms with Crippen LogP contribution in [0.3, 0.4) is 0 Å². The summed E-state index contributed by atoms with van der Waals surface area (Å²) in [6.45, 7) is 13.6. The molecule has 0 unspecified atom stereocenters. The fraction of sp³-hybridized carbons (Fsp3) is 0.213. The molecule has 0 amide bonds. The van der Waals surface area contributed by atoms with Crippen molar-refractivity contribution < 1.29 is 15.9 Å². The van der Waals surface area contributed by atoms with Crippen molar-refractivity contribution in [2.45, 2.75) is 59.6 Å². The molecule has 0 saturated carbocycles. The van der Waals surface area contributed by atoms with Crippen molar-refractivity contribution in [2.75, 3.05) is 0 Å². The first-order valence-corrected chi connectivity index (χ1v) is 29.2. The zero-order valence-corrected chi connectivity index (χ0v) is 35.9. The topological polar surface area (TPSA) is 0 Å². The van der Waals surface area contributed by atoms with Crippen molar-refractivity contribution in [1.29, 1.82) is 0 Å². The van der Waals surface area contributed by atoms with Crippen LogP contribution in [0.4, 0.5) is 0 Å². The molecule has 6 aromatic carbocycles. The third kappa shape index (κ3) is 5.60. The van der Waals surface area contributed by atoms with Gasteiger partial charge in [-0.15, -0.1) is 0 Å². The second kappa shape index (κ2) is 12.6. The zero-order valence-electron chi connectivity index (χ0n) is 30.4. The Morgan fingerprint density at radius 2 is 0.923 bits per heavy atom. The molecule has 6 aromatic rings. The van der Waals surface area contributed by atoms with Gasteiger partial charge in [0.2, 0.25) is 0 Å². The maximum absolute atomic E-state index is 9.08. The standard InChI is InChI=1S/C21H12Cl2.C21H25.C5H5.2ClH.Zr/c22-20-11-9-14(16-5-1-3-7-18(16)20)13-15-10-12-21(23)19-8-4-2-6-17(15)19;1-20(2,3)16-7-9-18-14(12-16)11-15-13-17(21(4,5)6)8-10-19(15)18;1-2-4-5-3-1;;;/h1-12H;7-13H,1-6H3;1-5H;2*1H;/q;;;;;+2/p-2. The van der Waals surface area contributed by atoms with Crippen molar-refractivity contribution in [2.24, 2.45) is 0 Å². The van der Waals surface area contributed by atoms with Gasteiger partial charge in [-0.05, 0) is 0 Å². The summed E-state index contributed by atoms with van der Waals surface area (Å²) in [5, 5.41) is 5.39. The number of hydrogen-bond acceptors (Lipinski definition) is 0. The fourth-order valence-corrected chi connectivity index (χ4v) is 28.4. The van der Waals surface area contributed by atoms with Crippen LogP contribution in [0, 0.1) is 0 Å². The molecule has 0 fully saturated rings. The molecule has 0 radical (unpaired) electrons. The van der Waals surface area contributed by atoms with E-state index >= 15 is 0 Å². The van der Waals surface area contributed by atoms with Crippen LogP contribution in [-0.4, -0.2) is 3.21 Å². The maximum atomic E-state index is 9.08. The predicted molar refractivity (Wildman–Crippen MR) is 226 cm³/mol. The quantitative estimate of drug-likeness (QED) is 0.166. The van der Waals surface area contributed by atoms with Gasteiger partial charge in [-0.3, -0.25) is 0 Å². The molecule has 0 nitrogen and oxygen atoms in total. The number of fused-ring (bicyclic) bond motifs is 5. The monoisotopic (exact) mass is 836 g/mol. The molecule has 0 saturated heterocycles. The van der Waals surface area contributed by atoms with Crippen molar-refractivity contribution in [3.63, 3.8) is 0 Å². The van der Waals surface area contributed by atoms with Gasteiger partial charge in [0, 0.05) is 0 Å². The van der Waals surface area contributed by atoms with Gasteiger partial charge >= 0.3 is 329 Å². The van der Waals surface area contributed by atoms with E-state index in [1.54, 1.807) is 0 Å². The van der Waals surface area contributed by atoms with Gasteiger partial charge in [0.1, 0.15) is 0 Å². The summed E-state index contributed by atoms with van der Waals surface area (Å²) in [5.74, 6) is 0. The van der Waals surface area contributed by atoms with Gasteiger partial charge in [-0.2, -0.15) is 0 Å². The van der Waals surface area contributed by atoms with E-state index in [2.05, 4.69) is 151 Å². The molecular weight excluding hydrogens is 798 g/mol. The van der Waals surface area contributed by atoms with E-state index in [1.165, 1.54) is 33.4 Å². The first kappa shape index (κ1) is 36.2. The zero-order chi connectivity index (χ0) is 36.8. The average molecular weight is 840 g/mol. The van der Waals surface area contributed by atoms with Gasteiger partial charge in [-0.1, -0.05) is 0 Å². The van der Waals surface area contributed by atoms with E-state index in [-0.39, 0.29) is 18.1 Å². The number of allylic oxidation sites excluding steroid dienone is 4. The van der Waals surface area contributed by atoms with Gasteiger partial charge in [0.25, 0.3) is 0 Å². The van der Waals surface area contributed by atoms with Crippen LogP contribution in [0.15, 0.2) is 133 Å². The molecule has 0 bridgehead atoms. The summed E-state index contributed by atoms with van der Waals surface area (Å²) >= 11 is 8.13. The van der Waals surface area contributed by atoms with Crippen molar-refractivity contribution in [1.82, 2.24) is 0 Å². The first-order valence-electron chi connectivity index (χ1n) is 18.0. The second-order valence-corrected chi connectivity index (χ2v) is 38.2. The third-order valence-electron chi connectivity index (χ3n) is 11.4. The Labute approximate surface area is 325 Å². The van der Waals surface area contributed by atoms with Crippen LogP contribution < -0.4 is 0 Å². The van der Waals surface area contributed by atoms with Gasteiger partial charge in [0.15, 0.2) is 0 Å². The second-order valence-electron chi connectivity index (χ2n) is 16.6. The molecule has 2 aliphatic carbocycles. The van der Waals surface area contributed by atoms with Crippen molar-refractivity contribution in [3.8, 4) is 11.1 Å². The van der Waals surface area contributed by atoms with Gasteiger partial charge < -0.3 is 0 Å². The van der Waals surface area contributed by atoms with E-state index in [0.29, 0.717) is 10.0 Å². The van der Waals surface area contributed by atoms with E-state index in [1.807, 2.05) is 24.3 Å². The third-order valence-corrected chi connectivity index (χ3v) is 31.6. The first-order chi connectivity index (χ1) is 24.6. The Morgan fingerprint density at radius 3 is 1.33 bits per heavy atom. The van der Waals surface area contributed by atoms with E-state index in [0.717, 1.165) is 35.9 Å². The molecule has 0 aromatic heterocycles. The van der Waals surface area contributed by atoms with Crippen molar-refractivity contribution >= 4 is 65.0 Å². The Balaban J connectivity index is 1.66. The van der Waals surface area contributed by atoms with E-state index in [4.69, 9.17) is 40.2 Å². The Morgan fingerprint density at radius 1 is 0.519 bits per heavy atom. The average Bonchev–Trinajstić information content (AvgIpc) is 3.78. The molecule has 0 aliphatic heterocycles. The number of benzene rings is 6. The number of hydrogen-bond donors (Lipinski definition) is 0. The molecular formula is C47H42Cl4Zr. The van der Waals surface area contributed by atoms with E-state index < -0.39 is 15.9 Å². The summed E-state index contributed by atoms with van der Waals surface area (Å²) < 4.78 is 0.553. The van der Waals surface area contributed by atoms with E-state index in [9.17, 15) is 0 Å². The Kier molecular flexibility index (Phi) is 8.81. The normalized spacial score (nSPS) is 15.1. The van der Waals surface area contributed by atoms with Crippen LogP contribution in [0.2, 0.25) is 13.7 Å². The molecule has 0 N–H and O–H groups in total. The Bertz CT molecular complexity index is 2420. The molecule has 0 spiro atoms. The summed E-state index contributed by atoms with van der Waals surface area (Å²) in [6, 6.07) is 39.1. The van der Waals surface area contributed by atoms with Crippen molar-refractivity contribution in [3.05, 3.63) is 177 Å². The molecule has 5 heteroatoms. The SMILES string of the molecule is CC(C)(C)c1ccc2c(c1)[CH]([Zr]([Cl])([Cl])(=[C](c1ccc(Cl)c3ccccc13)c1ccc(Cl)c3ccccc13)[CH]1C=CC=C1)c1cc(C(C)(C)C)ccc1-2. The van der Waals surface area contributed by atoms with Crippen LogP contribution in [-0.2, 0) is 26.7 Å². The molecule has 0 atom stereocenters. The number of halogens is 4. The summed E-state index contributed by atoms with van der Waals surface area (Å²) in [5.41, 5.74) is 9.26. The molecule has 2 aliphatic rings. The fourth-order valence-electron chi connectivity index (χ4n) is 8.67. The van der Waals surface area contributed by atoms with Crippen LogP contribution in [0.25, 0.3) is 32.7 Å². The van der Waals surface area contributed by atoms with Crippen LogP contribution in [0.1, 0.15) is 78.5 Å². The summed E-state index contributed by atoms with van der Waals surface area (Å²) in [6.07, 6.45) is 8.74. The molecule has 262 valence electrons. The molecule has 52 heavy (non-hydrogen) atoms. The van der Waals surface area contributed by atoms with Gasteiger partial charge in [0.05, 0.1) is 0 Å². The Hall–Kier alpha value is -2.77. The predicted octanol–water partition coefficient (Wildman–Crippen LogP) is 15.1. The van der Waals surface area contributed by atoms with Gasteiger partial charge in [-0.25, -0.2) is 0 Å². The molecule has 8 rings (SSSR count). The number of rotatable bonds is 4. The van der Waals surface area contributed by atoms with Crippen LogP contribution >= 0.6 is 40.2 Å². The minimum absolute atomic E-state index is 0.0761. The summed E-state index contributed by atoms with van der Waals surface area (Å²) in [4.78, 5) is 0. The van der Waals surface area contributed by atoms with Crippen LogP contribution in [0.5, 0.6) is 0 Å². The molecule has 0 heterocycles. The summed E-state index contributed by atoms with van der Waals surface area (Å²) in [7, 11) is 18.2. The minimum atomic E-state index is -5.78.